The SMILES string of the molecule is COC(F)(c1nnc(-c2ccc3c(c2)N(Cc2ccc(Cl)cc2)C(=O)[C@@H](NC(=O)OC(C)(C)C)CS3)o1)C(F)(F)F. The molecular formula is C26H25ClF4N4O5S. The number of nitrogens with one attached hydrogen (secondary N) is 1. The Morgan fingerprint density at radius 1 is 1.15 bits per heavy atom. The molecule has 9 nitrogen and oxygen atoms in total. The molecule has 2 heterocycles. The Balaban J connectivity index is 1.72. The molecule has 0 fully saturated rings. The molecule has 0 radical (unpaired) electrons. The molecular weight excluding hydrogens is 592 g/mol. The van der Waals surface area contributed by atoms with Crippen molar-refractivity contribution in [2.75, 3.05) is 17.8 Å². The van der Waals surface area contributed by atoms with Crippen LogP contribution in [0.3, 0.4) is 0 Å². The zero-order chi connectivity index (χ0) is 30.2. The van der Waals surface area contributed by atoms with Crippen LogP contribution in [0.1, 0.15) is 32.2 Å². The number of hydrogen-bond acceptors (Lipinski definition) is 8. The fourth-order valence-electron chi connectivity index (χ4n) is 3.82. The molecule has 4 rings (SSSR count). The number of alkyl halides is 4. The van der Waals surface area contributed by atoms with Gasteiger partial charge in [-0.15, -0.1) is 22.0 Å². The van der Waals surface area contributed by atoms with Crippen LogP contribution in [0.5, 0.6) is 0 Å². The van der Waals surface area contributed by atoms with Gasteiger partial charge in [-0.05, 0) is 56.7 Å². The molecule has 0 saturated heterocycles. The number of rotatable bonds is 6. The van der Waals surface area contributed by atoms with E-state index in [1.807, 2.05) is 0 Å². The largest absolute Gasteiger partial charge is 0.458 e. The molecule has 15 heteroatoms. The van der Waals surface area contributed by atoms with E-state index in [1.165, 1.54) is 28.8 Å². The van der Waals surface area contributed by atoms with Gasteiger partial charge >= 0.3 is 18.1 Å². The average Bonchev–Trinajstić information content (AvgIpc) is 3.35. The van der Waals surface area contributed by atoms with E-state index < -0.39 is 47.5 Å². The molecule has 0 bridgehead atoms. The highest BCUT2D eigenvalue weighted by molar-refractivity contribution is 7.99. The number of halogens is 5. The highest BCUT2D eigenvalue weighted by Gasteiger charge is 2.62. The van der Waals surface area contributed by atoms with Gasteiger partial charge in [-0.2, -0.15) is 17.6 Å². The van der Waals surface area contributed by atoms with Gasteiger partial charge in [0.15, 0.2) is 0 Å². The first-order valence-electron chi connectivity index (χ1n) is 12.1. The van der Waals surface area contributed by atoms with Crippen molar-refractivity contribution >= 4 is 41.1 Å². The number of ether oxygens (including phenoxy) is 2. The van der Waals surface area contributed by atoms with E-state index in [4.69, 9.17) is 20.8 Å². The first-order chi connectivity index (χ1) is 19.1. The van der Waals surface area contributed by atoms with Crippen molar-refractivity contribution in [1.82, 2.24) is 15.5 Å². The Labute approximate surface area is 241 Å². The van der Waals surface area contributed by atoms with Gasteiger partial charge in [-0.25, -0.2) is 4.79 Å². The summed E-state index contributed by atoms with van der Waals surface area (Å²) in [5.74, 6) is -6.47. The number of carbonyl (C=O) groups excluding carboxylic acids is 2. The zero-order valence-electron chi connectivity index (χ0n) is 22.2. The molecule has 3 aromatic rings. The summed E-state index contributed by atoms with van der Waals surface area (Å²) < 4.78 is 68.9. The Kier molecular flexibility index (Phi) is 8.58. The van der Waals surface area contributed by atoms with Gasteiger partial charge in [0.25, 0.3) is 11.8 Å². The maximum atomic E-state index is 14.6. The lowest BCUT2D eigenvalue weighted by Gasteiger charge is -2.27. The minimum absolute atomic E-state index is 0.0555. The van der Waals surface area contributed by atoms with Crippen molar-refractivity contribution in [2.45, 2.75) is 55.9 Å². The van der Waals surface area contributed by atoms with Crippen LogP contribution >= 0.6 is 23.4 Å². The van der Waals surface area contributed by atoms with E-state index in [1.54, 1.807) is 51.1 Å². The number of anilines is 1. The lowest BCUT2D eigenvalue weighted by molar-refractivity contribution is -0.341. The summed E-state index contributed by atoms with van der Waals surface area (Å²) >= 11 is 7.28. The number of nitrogens with zero attached hydrogens (tertiary/aromatic N) is 3. The topological polar surface area (TPSA) is 107 Å². The number of aromatic nitrogens is 2. The number of hydrogen-bond donors (Lipinski definition) is 1. The van der Waals surface area contributed by atoms with Crippen LogP contribution in [0.15, 0.2) is 51.8 Å². The Hall–Kier alpha value is -3.36. The van der Waals surface area contributed by atoms with Crippen molar-refractivity contribution in [1.29, 1.82) is 0 Å². The van der Waals surface area contributed by atoms with E-state index in [9.17, 15) is 27.2 Å². The van der Waals surface area contributed by atoms with E-state index >= 15 is 0 Å². The summed E-state index contributed by atoms with van der Waals surface area (Å²) in [7, 11) is 0.527. The van der Waals surface area contributed by atoms with E-state index in [2.05, 4.69) is 20.3 Å². The molecule has 1 aliphatic rings. The molecule has 2 amide bonds. The molecule has 2 aromatic carbocycles. The summed E-state index contributed by atoms with van der Waals surface area (Å²) in [6, 6.07) is 10.3. The van der Waals surface area contributed by atoms with Gasteiger partial charge in [0.1, 0.15) is 11.6 Å². The van der Waals surface area contributed by atoms with Gasteiger partial charge in [-0.3, -0.25) is 4.79 Å². The van der Waals surface area contributed by atoms with Crippen molar-refractivity contribution < 1.29 is 41.0 Å². The lowest BCUT2D eigenvalue weighted by atomic mass is 10.1. The summed E-state index contributed by atoms with van der Waals surface area (Å²) in [5, 5.41) is 9.90. The fraction of sp³-hybridized carbons (Fsp3) is 0.385. The van der Waals surface area contributed by atoms with Crippen molar-refractivity contribution in [3.8, 4) is 11.5 Å². The van der Waals surface area contributed by atoms with Gasteiger partial charge < -0.3 is 24.1 Å². The predicted molar refractivity (Wildman–Crippen MR) is 142 cm³/mol. The third-order valence-electron chi connectivity index (χ3n) is 5.76. The summed E-state index contributed by atoms with van der Waals surface area (Å²) in [5.41, 5.74) is 0.390. The molecule has 0 spiro atoms. The minimum Gasteiger partial charge on any atom is -0.444 e. The third kappa shape index (κ3) is 6.76. The Morgan fingerprint density at radius 3 is 2.44 bits per heavy atom. The molecule has 1 unspecified atom stereocenters. The second-order valence-electron chi connectivity index (χ2n) is 9.95. The average molecular weight is 617 g/mol. The standard InChI is InChI=1S/C26H25ClF4N4O5S/c1-24(2,3)40-23(37)32-17-13-41-19-10-7-15(20-33-34-22(39-20)25(28,38-4)26(29,30)31)11-18(19)35(21(17)36)12-14-5-8-16(27)9-6-14/h5-11,17H,12-13H2,1-4H3,(H,32,37)/t17-,25?/m0/s1. The van der Waals surface area contributed by atoms with Crippen molar-refractivity contribution in [2.24, 2.45) is 0 Å². The number of amides is 2. The predicted octanol–water partition coefficient (Wildman–Crippen LogP) is 6.25. The first kappa shape index (κ1) is 30.6. The van der Waals surface area contributed by atoms with Gasteiger partial charge in [0.2, 0.25) is 5.89 Å². The molecule has 220 valence electrons. The molecule has 41 heavy (non-hydrogen) atoms. The quantitative estimate of drug-likeness (QED) is 0.324. The fourth-order valence-corrected chi connectivity index (χ4v) is 5.00. The van der Waals surface area contributed by atoms with Crippen LogP contribution in [0.4, 0.5) is 28.0 Å². The first-order valence-corrected chi connectivity index (χ1v) is 13.4. The number of thioether (sulfide) groups is 1. The molecule has 0 aliphatic carbocycles. The van der Waals surface area contributed by atoms with E-state index in [0.29, 0.717) is 28.3 Å². The van der Waals surface area contributed by atoms with E-state index in [-0.39, 0.29) is 17.9 Å². The summed E-state index contributed by atoms with van der Waals surface area (Å²) in [4.78, 5) is 28.3. The molecule has 2 atom stereocenters. The van der Waals surface area contributed by atoms with Crippen molar-refractivity contribution in [3.63, 3.8) is 0 Å². The highest BCUT2D eigenvalue weighted by Crippen LogP contribution is 2.44. The smallest absolute Gasteiger partial charge is 0.444 e. The third-order valence-corrected chi connectivity index (χ3v) is 7.17. The Morgan fingerprint density at radius 2 is 1.83 bits per heavy atom. The highest BCUT2D eigenvalue weighted by atomic mass is 35.5. The molecule has 0 saturated carbocycles. The van der Waals surface area contributed by atoms with Crippen LogP contribution in [0.25, 0.3) is 11.5 Å². The molecule has 1 N–H and O–H groups in total. The number of alkyl carbamates (subject to hydrolysis) is 1. The normalized spacial score (nSPS) is 17.4. The van der Waals surface area contributed by atoms with Gasteiger partial charge in [0, 0.05) is 28.3 Å². The van der Waals surface area contributed by atoms with Gasteiger partial charge in [-0.1, -0.05) is 23.7 Å². The number of carbonyl (C=O) groups is 2. The van der Waals surface area contributed by atoms with E-state index in [0.717, 1.165) is 0 Å². The van der Waals surface area contributed by atoms with Crippen LogP contribution in [0.2, 0.25) is 5.02 Å². The minimum atomic E-state index is -5.48. The summed E-state index contributed by atoms with van der Waals surface area (Å²) in [6.45, 7) is 5.13. The lowest BCUT2D eigenvalue weighted by Crippen LogP contribution is -2.50. The molecule has 1 aromatic heterocycles. The monoisotopic (exact) mass is 616 g/mol. The summed E-state index contributed by atoms with van der Waals surface area (Å²) in [6.07, 6.45) is -6.25. The van der Waals surface area contributed by atoms with Crippen molar-refractivity contribution in [3.05, 3.63) is 58.9 Å². The van der Waals surface area contributed by atoms with Crippen LogP contribution < -0.4 is 10.2 Å². The maximum Gasteiger partial charge on any atom is 0.458 e. The molecule has 1 aliphatic heterocycles. The zero-order valence-corrected chi connectivity index (χ0v) is 23.8. The number of fused-ring (bicyclic) bond motifs is 1. The van der Waals surface area contributed by atoms with Crippen LogP contribution in [-0.4, -0.2) is 52.9 Å². The van der Waals surface area contributed by atoms with Crippen LogP contribution in [0, 0.1) is 0 Å². The van der Waals surface area contributed by atoms with Gasteiger partial charge in [0.05, 0.1) is 12.2 Å². The maximum absolute atomic E-state index is 14.6. The Bertz CT molecular complexity index is 1430. The number of methoxy groups -OCH3 is 1. The second-order valence-corrected chi connectivity index (χ2v) is 11.5. The second kappa shape index (κ2) is 11.5. The number of benzene rings is 2. The van der Waals surface area contributed by atoms with Crippen LogP contribution in [-0.2, 0) is 26.7 Å².